The minimum Gasteiger partial charge on any atom is -0.301 e. The lowest BCUT2D eigenvalue weighted by molar-refractivity contribution is -0.122. The van der Waals surface area contributed by atoms with Crippen LogP contribution in [0.2, 0.25) is 0 Å². The van der Waals surface area contributed by atoms with E-state index in [1.54, 1.807) is 0 Å². The molecule has 1 fully saturated rings. The summed E-state index contributed by atoms with van der Waals surface area (Å²) < 4.78 is 0. The molecule has 1 N–H and O–H groups in total. The van der Waals surface area contributed by atoms with Gasteiger partial charge in [0.05, 0.1) is 0 Å². The van der Waals surface area contributed by atoms with Crippen LogP contribution in [-0.2, 0) is 10.3 Å². The molecular formula is C12H15NO. The Balaban J connectivity index is 2.43. The fourth-order valence-corrected chi connectivity index (χ4v) is 1.99. The van der Waals surface area contributed by atoms with Crippen LogP contribution >= 0.6 is 0 Å². The van der Waals surface area contributed by atoms with Crippen LogP contribution in [0.3, 0.4) is 0 Å². The third-order valence-corrected chi connectivity index (χ3v) is 2.98. The van der Waals surface area contributed by atoms with Crippen LogP contribution in [0.25, 0.3) is 0 Å². The summed E-state index contributed by atoms with van der Waals surface area (Å²) in [4.78, 5) is 11.7. The van der Waals surface area contributed by atoms with Gasteiger partial charge < -0.3 is 5.32 Å². The fourth-order valence-electron chi connectivity index (χ4n) is 1.99. The zero-order valence-corrected chi connectivity index (χ0v) is 8.63. The van der Waals surface area contributed by atoms with Crippen molar-refractivity contribution in [2.75, 3.05) is 6.54 Å². The van der Waals surface area contributed by atoms with Gasteiger partial charge in [0, 0.05) is 13.0 Å². The molecule has 14 heavy (non-hydrogen) atoms. The molecule has 1 aliphatic rings. The molecule has 1 atom stereocenters. The number of nitrogens with one attached hydrogen (secondary N) is 1. The van der Waals surface area contributed by atoms with Crippen LogP contribution in [0.1, 0.15) is 24.5 Å². The van der Waals surface area contributed by atoms with Crippen LogP contribution in [0.5, 0.6) is 0 Å². The summed E-state index contributed by atoms with van der Waals surface area (Å²) >= 11 is 0. The Labute approximate surface area is 84.3 Å². The SMILES string of the molecule is Cc1cccc(C2(C)NCCC2=O)c1. The molecule has 2 rings (SSSR count). The van der Waals surface area contributed by atoms with Crippen molar-refractivity contribution in [1.29, 1.82) is 0 Å². The van der Waals surface area contributed by atoms with Crippen LogP contribution in [0.4, 0.5) is 0 Å². The standard InChI is InChI=1S/C12H15NO/c1-9-4-3-5-10(8-9)12(2)11(14)6-7-13-12/h3-5,8,13H,6-7H2,1-2H3. The van der Waals surface area contributed by atoms with E-state index in [4.69, 9.17) is 0 Å². The highest BCUT2D eigenvalue weighted by atomic mass is 16.1. The number of Topliss-reactive ketones (excluding diaryl/α,β-unsaturated/α-hetero) is 1. The average Bonchev–Trinajstić information content (AvgIpc) is 2.49. The number of aryl methyl sites for hydroxylation is 1. The maximum absolute atomic E-state index is 11.7. The lowest BCUT2D eigenvalue weighted by Gasteiger charge is -2.23. The smallest absolute Gasteiger partial charge is 0.158 e. The molecule has 1 aromatic rings. The van der Waals surface area contributed by atoms with Crippen molar-refractivity contribution in [3.05, 3.63) is 35.4 Å². The van der Waals surface area contributed by atoms with Gasteiger partial charge in [0.2, 0.25) is 0 Å². The van der Waals surface area contributed by atoms with E-state index in [0.29, 0.717) is 12.2 Å². The molecule has 1 aromatic carbocycles. The van der Waals surface area contributed by atoms with Crippen molar-refractivity contribution in [3.8, 4) is 0 Å². The fraction of sp³-hybridized carbons (Fsp3) is 0.417. The molecule has 0 aliphatic carbocycles. The van der Waals surface area contributed by atoms with E-state index >= 15 is 0 Å². The van der Waals surface area contributed by atoms with Gasteiger partial charge in [0.25, 0.3) is 0 Å². The quantitative estimate of drug-likeness (QED) is 0.729. The Morgan fingerprint density at radius 2 is 2.21 bits per heavy atom. The Morgan fingerprint density at radius 1 is 1.43 bits per heavy atom. The molecule has 0 bridgehead atoms. The summed E-state index contributed by atoms with van der Waals surface area (Å²) in [7, 11) is 0. The van der Waals surface area contributed by atoms with E-state index in [9.17, 15) is 4.79 Å². The Morgan fingerprint density at radius 3 is 2.79 bits per heavy atom. The molecule has 1 aliphatic heterocycles. The summed E-state index contributed by atoms with van der Waals surface area (Å²) in [5, 5.41) is 3.28. The van der Waals surface area contributed by atoms with Crippen LogP contribution in [0.15, 0.2) is 24.3 Å². The highest BCUT2D eigenvalue weighted by Gasteiger charge is 2.38. The lowest BCUT2D eigenvalue weighted by Crippen LogP contribution is -2.38. The Kier molecular flexibility index (Phi) is 2.16. The molecule has 0 radical (unpaired) electrons. The van der Waals surface area contributed by atoms with Crippen molar-refractivity contribution >= 4 is 5.78 Å². The number of hydrogen-bond acceptors (Lipinski definition) is 2. The van der Waals surface area contributed by atoms with E-state index in [2.05, 4.69) is 11.4 Å². The summed E-state index contributed by atoms with van der Waals surface area (Å²) in [6.45, 7) is 4.81. The average molecular weight is 189 g/mol. The third-order valence-electron chi connectivity index (χ3n) is 2.98. The first-order chi connectivity index (χ1) is 6.63. The second-order valence-corrected chi connectivity index (χ2v) is 4.09. The van der Waals surface area contributed by atoms with Crippen LogP contribution in [0, 0.1) is 6.92 Å². The van der Waals surface area contributed by atoms with Crippen molar-refractivity contribution in [2.24, 2.45) is 0 Å². The topological polar surface area (TPSA) is 29.1 Å². The van der Waals surface area contributed by atoms with Crippen molar-refractivity contribution in [3.63, 3.8) is 0 Å². The molecule has 2 nitrogen and oxygen atoms in total. The van der Waals surface area contributed by atoms with Gasteiger partial charge in [0.15, 0.2) is 5.78 Å². The van der Waals surface area contributed by atoms with Gasteiger partial charge in [-0.05, 0) is 19.4 Å². The van der Waals surface area contributed by atoms with Gasteiger partial charge in [-0.2, -0.15) is 0 Å². The summed E-state index contributed by atoms with van der Waals surface area (Å²) in [6.07, 6.45) is 0.643. The Bertz CT molecular complexity index is 372. The maximum atomic E-state index is 11.7. The molecule has 0 saturated carbocycles. The number of rotatable bonds is 1. The van der Waals surface area contributed by atoms with E-state index in [1.807, 2.05) is 32.0 Å². The molecule has 0 spiro atoms. The highest BCUT2D eigenvalue weighted by Crippen LogP contribution is 2.27. The molecule has 2 heteroatoms. The third kappa shape index (κ3) is 1.36. The van der Waals surface area contributed by atoms with Crippen molar-refractivity contribution < 1.29 is 4.79 Å². The first kappa shape index (κ1) is 9.41. The largest absolute Gasteiger partial charge is 0.301 e. The number of carbonyl (C=O) groups excluding carboxylic acids is 1. The maximum Gasteiger partial charge on any atom is 0.158 e. The second-order valence-electron chi connectivity index (χ2n) is 4.09. The number of benzene rings is 1. The van der Waals surface area contributed by atoms with Crippen molar-refractivity contribution in [1.82, 2.24) is 5.32 Å². The lowest BCUT2D eigenvalue weighted by atomic mass is 9.89. The highest BCUT2D eigenvalue weighted by molar-refractivity contribution is 5.91. The summed E-state index contributed by atoms with van der Waals surface area (Å²) in [5.41, 5.74) is 1.83. The molecule has 1 heterocycles. The number of carbonyl (C=O) groups is 1. The summed E-state index contributed by atoms with van der Waals surface area (Å²) in [5.74, 6) is 0.295. The van der Waals surface area contributed by atoms with Gasteiger partial charge in [-0.1, -0.05) is 29.8 Å². The van der Waals surface area contributed by atoms with Crippen molar-refractivity contribution in [2.45, 2.75) is 25.8 Å². The minimum absolute atomic E-state index is 0.295. The predicted molar refractivity (Wildman–Crippen MR) is 56.2 cm³/mol. The first-order valence-electron chi connectivity index (χ1n) is 4.98. The van der Waals surface area contributed by atoms with E-state index in [1.165, 1.54) is 5.56 Å². The first-order valence-corrected chi connectivity index (χ1v) is 4.98. The minimum atomic E-state index is -0.452. The molecule has 1 unspecified atom stereocenters. The van der Waals surface area contributed by atoms with Gasteiger partial charge in [-0.15, -0.1) is 0 Å². The molecule has 0 amide bonds. The van der Waals surface area contributed by atoms with Crippen LogP contribution in [-0.4, -0.2) is 12.3 Å². The number of ketones is 1. The van der Waals surface area contributed by atoms with E-state index < -0.39 is 5.54 Å². The molecule has 1 saturated heterocycles. The van der Waals surface area contributed by atoms with Crippen LogP contribution < -0.4 is 5.32 Å². The zero-order valence-electron chi connectivity index (χ0n) is 8.63. The molecule has 74 valence electrons. The number of hydrogen-bond donors (Lipinski definition) is 1. The van der Waals surface area contributed by atoms with Gasteiger partial charge in [-0.3, -0.25) is 4.79 Å². The van der Waals surface area contributed by atoms with Gasteiger partial charge >= 0.3 is 0 Å². The Hall–Kier alpha value is -1.15. The molecule has 0 aromatic heterocycles. The van der Waals surface area contributed by atoms with E-state index in [0.717, 1.165) is 12.1 Å². The normalized spacial score (nSPS) is 26.9. The monoisotopic (exact) mass is 189 g/mol. The molecular weight excluding hydrogens is 174 g/mol. The van der Waals surface area contributed by atoms with Gasteiger partial charge in [0.1, 0.15) is 5.54 Å². The van der Waals surface area contributed by atoms with E-state index in [-0.39, 0.29) is 0 Å². The second kappa shape index (κ2) is 3.21. The van der Waals surface area contributed by atoms with Gasteiger partial charge in [-0.25, -0.2) is 0 Å². The zero-order chi connectivity index (χ0) is 10.2. The predicted octanol–water partition coefficient (Wildman–Crippen LogP) is 1.77. The summed E-state index contributed by atoms with van der Waals surface area (Å²) in [6, 6.07) is 8.15.